The first-order valence-electron chi connectivity index (χ1n) is 5.17. The summed E-state index contributed by atoms with van der Waals surface area (Å²) in [6.45, 7) is 6.70. The van der Waals surface area contributed by atoms with Gasteiger partial charge in [-0.2, -0.15) is 0 Å². The second-order valence-electron chi connectivity index (χ2n) is 3.57. The molecule has 1 atom stereocenters. The summed E-state index contributed by atoms with van der Waals surface area (Å²) < 4.78 is 5.68. The van der Waals surface area contributed by atoms with Crippen LogP contribution in [0.2, 0.25) is 0 Å². The van der Waals surface area contributed by atoms with E-state index in [0.29, 0.717) is 12.5 Å². The van der Waals surface area contributed by atoms with E-state index in [4.69, 9.17) is 16.3 Å². The zero-order chi connectivity index (χ0) is 11.3. The first kappa shape index (κ1) is 12.4. The van der Waals surface area contributed by atoms with Gasteiger partial charge in [-0.3, -0.25) is 0 Å². The molecule has 0 aromatic carbocycles. The Kier molecular flexibility index (Phi) is 4.48. The van der Waals surface area contributed by atoms with E-state index < -0.39 is 0 Å². The van der Waals surface area contributed by atoms with E-state index in [0.717, 1.165) is 17.8 Å². The van der Waals surface area contributed by atoms with Gasteiger partial charge in [0.25, 0.3) is 0 Å². The zero-order valence-electron chi connectivity index (χ0n) is 9.46. The topological polar surface area (TPSA) is 35.0 Å². The third-order valence-electron chi connectivity index (χ3n) is 2.47. The molecule has 0 bridgehead atoms. The molecule has 1 rings (SSSR count). The largest absolute Gasteiger partial charge is 0.368 e. The average Bonchev–Trinajstić information content (AvgIpc) is 2.29. The highest BCUT2D eigenvalue weighted by Gasteiger charge is 2.27. The molecule has 0 fully saturated rings. The second kappa shape index (κ2) is 5.42. The lowest BCUT2D eigenvalue weighted by Crippen LogP contribution is -2.27. The molecule has 0 spiro atoms. The van der Waals surface area contributed by atoms with Crippen LogP contribution in [0.25, 0.3) is 0 Å². The summed E-state index contributed by atoms with van der Waals surface area (Å²) >= 11 is 5.68. The first-order valence-corrected chi connectivity index (χ1v) is 5.71. The Bertz CT molecular complexity index is 302. The summed E-state index contributed by atoms with van der Waals surface area (Å²) in [7, 11) is 0. The van der Waals surface area contributed by atoms with Gasteiger partial charge in [0, 0.05) is 24.6 Å². The molecule has 1 aromatic heterocycles. The number of aromatic nitrogens is 2. The molecule has 0 N–H and O–H groups in total. The summed E-state index contributed by atoms with van der Waals surface area (Å²) in [6, 6.07) is 0. The number of nitrogens with zero attached hydrogens (tertiary/aromatic N) is 2. The van der Waals surface area contributed by atoms with E-state index in [1.165, 1.54) is 0 Å². The lowest BCUT2D eigenvalue weighted by atomic mass is 10.0. The molecular formula is C11H17ClN2O. The molecular weight excluding hydrogens is 212 g/mol. The van der Waals surface area contributed by atoms with Crippen LogP contribution < -0.4 is 0 Å². The molecule has 0 aliphatic carbocycles. The van der Waals surface area contributed by atoms with Gasteiger partial charge in [0.15, 0.2) is 5.82 Å². The Morgan fingerprint density at radius 1 is 1.33 bits per heavy atom. The van der Waals surface area contributed by atoms with E-state index in [1.54, 1.807) is 12.4 Å². The molecule has 4 heteroatoms. The Morgan fingerprint density at radius 2 is 1.93 bits per heavy atom. The molecule has 3 nitrogen and oxygen atoms in total. The number of hydrogen-bond acceptors (Lipinski definition) is 3. The van der Waals surface area contributed by atoms with Crippen molar-refractivity contribution in [3.63, 3.8) is 0 Å². The first-order chi connectivity index (χ1) is 7.16. The number of ether oxygens (including phenoxy) is 1. The Balaban J connectivity index is 2.92. The minimum Gasteiger partial charge on any atom is -0.368 e. The molecule has 1 unspecified atom stereocenters. The van der Waals surface area contributed by atoms with Crippen LogP contribution in [0, 0.1) is 0 Å². The van der Waals surface area contributed by atoms with Gasteiger partial charge in [-0.15, -0.1) is 11.6 Å². The highest BCUT2D eigenvalue weighted by molar-refractivity contribution is 6.17. The number of halogens is 1. The highest BCUT2D eigenvalue weighted by Crippen LogP contribution is 2.25. The van der Waals surface area contributed by atoms with Crippen molar-refractivity contribution in [2.75, 3.05) is 6.61 Å². The molecule has 1 aromatic rings. The van der Waals surface area contributed by atoms with Crippen molar-refractivity contribution in [3.8, 4) is 0 Å². The van der Waals surface area contributed by atoms with Crippen LogP contribution in [-0.4, -0.2) is 16.6 Å². The van der Waals surface area contributed by atoms with Gasteiger partial charge in [-0.05, 0) is 20.3 Å². The summed E-state index contributed by atoms with van der Waals surface area (Å²) in [4.78, 5) is 8.58. The molecule has 0 aliphatic rings. The van der Waals surface area contributed by atoms with E-state index in [9.17, 15) is 0 Å². The molecule has 1 heterocycles. The van der Waals surface area contributed by atoms with Gasteiger partial charge in [0.1, 0.15) is 5.60 Å². The fraction of sp³-hybridized carbons (Fsp3) is 0.636. The maximum Gasteiger partial charge on any atom is 0.159 e. The number of hydrogen-bond donors (Lipinski definition) is 0. The fourth-order valence-corrected chi connectivity index (χ4v) is 1.48. The quantitative estimate of drug-likeness (QED) is 0.727. The van der Waals surface area contributed by atoms with Crippen molar-refractivity contribution in [2.45, 2.75) is 38.7 Å². The minimum absolute atomic E-state index is 0.389. The predicted molar refractivity (Wildman–Crippen MR) is 60.9 cm³/mol. The van der Waals surface area contributed by atoms with Gasteiger partial charge in [-0.1, -0.05) is 6.92 Å². The monoisotopic (exact) mass is 228 g/mol. The number of rotatable bonds is 5. The van der Waals surface area contributed by atoms with Crippen LogP contribution in [0.1, 0.15) is 38.6 Å². The zero-order valence-corrected chi connectivity index (χ0v) is 10.2. The molecule has 0 saturated heterocycles. The minimum atomic E-state index is -0.389. The molecule has 84 valence electrons. The third-order valence-corrected chi connectivity index (χ3v) is 2.78. The fourth-order valence-electron chi connectivity index (χ4n) is 1.34. The maximum atomic E-state index is 5.68. The van der Waals surface area contributed by atoms with E-state index in [-0.39, 0.29) is 5.60 Å². The summed E-state index contributed by atoms with van der Waals surface area (Å²) in [5.41, 5.74) is 0.537. The smallest absolute Gasteiger partial charge is 0.159 e. The van der Waals surface area contributed by atoms with E-state index in [2.05, 4.69) is 16.9 Å². The lowest BCUT2D eigenvalue weighted by Gasteiger charge is -2.26. The average molecular weight is 229 g/mol. The van der Waals surface area contributed by atoms with Crippen LogP contribution in [0.5, 0.6) is 0 Å². The van der Waals surface area contributed by atoms with Gasteiger partial charge < -0.3 is 4.74 Å². The van der Waals surface area contributed by atoms with Crippen molar-refractivity contribution in [1.29, 1.82) is 0 Å². The van der Waals surface area contributed by atoms with Crippen molar-refractivity contribution in [2.24, 2.45) is 0 Å². The summed E-state index contributed by atoms with van der Waals surface area (Å²) in [5.74, 6) is 1.17. The SMILES string of the molecule is CCOC(C)(CC)c1ncc(CCl)cn1. The van der Waals surface area contributed by atoms with Crippen molar-refractivity contribution in [1.82, 2.24) is 9.97 Å². The highest BCUT2D eigenvalue weighted by atomic mass is 35.5. The molecule has 0 saturated carbocycles. The van der Waals surface area contributed by atoms with Crippen LogP contribution >= 0.6 is 11.6 Å². The van der Waals surface area contributed by atoms with Crippen LogP contribution in [-0.2, 0) is 16.2 Å². The molecule has 0 radical (unpaired) electrons. The Labute approximate surface area is 95.8 Å². The van der Waals surface area contributed by atoms with Gasteiger partial charge in [0.2, 0.25) is 0 Å². The summed E-state index contributed by atoms with van der Waals surface area (Å²) in [5, 5.41) is 0. The van der Waals surface area contributed by atoms with Crippen molar-refractivity contribution in [3.05, 3.63) is 23.8 Å². The Hall–Kier alpha value is -0.670. The maximum absolute atomic E-state index is 5.68. The van der Waals surface area contributed by atoms with Gasteiger partial charge in [-0.25, -0.2) is 9.97 Å². The molecule has 0 aliphatic heterocycles. The molecule has 0 amide bonds. The van der Waals surface area contributed by atoms with E-state index in [1.807, 2.05) is 13.8 Å². The van der Waals surface area contributed by atoms with Crippen LogP contribution in [0.4, 0.5) is 0 Å². The summed E-state index contributed by atoms with van der Waals surface area (Å²) in [6.07, 6.45) is 4.35. The van der Waals surface area contributed by atoms with E-state index >= 15 is 0 Å². The van der Waals surface area contributed by atoms with Crippen LogP contribution in [0.3, 0.4) is 0 Å². The Morgan fingerprint density at radius 3 is 2.33 bits per heavy atom. The van der Waals surface area contributed by atoms with Gasteiger partial charge >= 0.3 is 0 Å². The van der Waals surface area contributed by atoms with Crippen molar-refractivity contribution >= 4 is 11.6 Å². The normalized spacial score (nSPS) is 14.9. The van der Waals surface area contributed by atoms with Gasteiger partial charge in [0.05, 0.1) is 5.88 Å². The third kappa shape index (κ3) is 2.89. The second-order valence-corrected chi connectivity index (χ2v) is 3.83. The predicted octanol–water partition coefficient (Wildman–Crippen LogP) is 2.88. The molecule has 15 heavy (non-hydrogen) atoms. The number of alkyl halides is 1. The van der Waals surface area contributed by atoms with Crippen molar-refractivity contribution < 1.29 is 4.74 Å². The lowest BCUT2D eigenvalue weighted by molar-refractivity contribution is -0.0390. The standard InChI is InChI=1S/C11H17ClN2O/c1-4-11(3,15-5-2)10-13-7-9(6-12)8-14-10/h7-8H,4-6H2,1-3H3. The van der Waals surface area contributed by atoms with Crippen LogP contribution in [0.15, 0.2) is 12.4 Å².